The van der Waals surface area contributed by atoms with E-state index in [-0.39, 0.29) is 5.91 Å². The molecular formula is C14H23N3OS. The highest BCUT2D eigenvalue weighted by atomic mass is 32.1. The number of likely N-dealkylation sites (tertiary alicyclic amines) is 1. The molecule has 5 heteroatoms. The van der Waals surface area contributed by atoms with Gasteiger partial charge in [-0.2, -0.15) is 0 Å². The van der Waals surface area contributed by atoms with Gasteiger partial charge in [0.1, 0.15) is 0 Å². The van der Waals surface area contributed by atoms with Gasteiger partial charge in [-0.25, -0.2) is 0 Å². The van der Waals surface area contributed by atoms with Crippen LogP contribution in [0.15, 0.2) is 17.5 Å². The van der Waals surface area contributed by atoms with Crippen LogP contribution in [0.25, 0.3) is 0 Å². The number of thiophene rings is 1. The van der Waals surface area contributed by atoms with E-state index in [1.165, 1.54) is 4.88 Å². The topological polar surface area (TPSA) is 35.6 Å². The number of nitrogens with one attached hydrogen (secondary N) is 1. The molecule has 19 heavy (non-hydrogen) atoms. The predicted molar refractivity (Wildman–Crippen MR) is 79.3 cm³/mol. The van der Waals surface area contributed by atoms with E-state index in [1.54, 1.807) is 11.3 Å². The third kappa shape index (κ3) is 4.30. The normalized spacial score (nSPS) is 17.6. The van der Waals surface area contributed by atoms with Gasteiger partial charge in [-0.1, -0.05) is 6.07 Å². The Balaban J connectivity index is 1.74. The molecule has 2 rings (SSSR count). The summed E-state index contributed by atoms with van der Waals surface area (Å²) in [6, 6.07) is 4.73. The fourth-order valence-corrected chi connectivity index (χ4v) is 3.17. The minimum absolute atomic E-state index is 0.219. The Kier molecular flexibility index (Phi) is 5.36. The maximum absolute atomic E-state index is 12.2. The standard InChI is InChI=1S/C14H23N3OS/c1-15-12-5-7-17(8-6-12)11-14(18)16(2)10-13-4-3-9-19-13/h3-4,9,12,15H,5-8,10-11H2,1-2H3. The highest BCUT2D eigenvalue weighted by molar-refractivity contribution is 7.09. The zero-order valence-corrected chi connectivity index (χ0v) is 12.6. The van der Waals surface area contributed by atoms with E-state index >= 15 is 0 Å². The van der Waals surface area contributed by atoms with Crippen molar-refractivity contribution in [3.8, 4) is 0 Å². The lowest BCUT2D eigenvalue weighted by Crippen LogP contribution is -2.45. The highest BCUT2D eigenvalue weighted by Gasteiger charge is 2.21. The van der Waals surface area contributed by atoms with Crippen molar-refractivity contribution < 1.29 is 4.79 Å². The molecule has 0 aliphatic carbocycles. The molecule has 0 aromatic carbocycles. The molecule has 1 saturated heterocycles. The van der Waals surface area contributed by atoms with Gasteiger partial charge in [-0.15, -0.1) is 11.3 Å². The quantitative estimate of drug-likeness (QED) is 0.886. The first-order valence-electron chi connectivity index (χ1n) is 6.85. The minimum atomic E-state index is 0.219. The summed E-state index contributed by atoms with van der Waals surface area (Å²) in [6.07, 6.45) is 2.27. The lowest BCUT2D eigenvalue weighted by molar-refractivity contribution is -0.131. The molecule has 1 aliphatic heterocycles. The maximum atomic E-state index is 12.2. The minimum Gasteiger partial charge on any atom is -0.340 e. The highest BCUT2D eigenvalue weighted by Crippen LogP contribution is 2.12. The number of carbonyl (C=O) groups excluding carboxylic acids is 1. The van der Waals surface area contributed by atoms with Crippen molar-refractivity contribution in [3.63, 3.8) is 0 Å². The fraction of sp³-hybridized carbons (Fsp3) is 0.643. The second kappa shape index (κ2) is 7.03. The van der Waals surface area contributed by atoms with Gasteiger partial charge in [0.15, 0.2) is 0 Å². The van der Waals surface area contributed by atoms with Crippen molar-refractivity contribution in [2.75, 3.05) is 33.7 Å². The van der Waals surface area contributed by atoms with Crippen LogP contribution in [0.5, 0.6) is 0 Å². The van der Waals surface area contributed by atoms with E-state index in [0.29, 0.717) is 12.6 Å². The van der Waals surface area contributed by atoms with Crippen LogP contribution in [-0.4, -0.2) is 55.5 Å². The van der Waals surface area contributed by atoms with E-state index < -0.39 is 0 Å². The van der Waals surface area contributed by atoms with Gasteiger partial charge in [0, 0.05) is 31.1 Å². The molecule has 0 spiro atoms. The molecular weight excluding hydrogens is 258 g/mol. The van der Waals surface area contributed by atoms with Crippen molar-refractivity contribution >= 4 is 17.2 Å². The van der Waals surface area contributed by atoms with Crippen LogP contribution in [-0.2, 0) is 11.3 Å². The van der Waals surface area contributed by atoms with Crippen LogP contribution >= 0.6 is 11.3 Å². The first kappa shape index (κ1) is 14.5. The SMILES string of the molecule is CNC1CCN(CC(=O)N(C)Cc2cccs2)CC1. The van der Waals surface area contributed by atoms with Gasteiger partial charge < -0.3 is 10.2 Å². The Hall–Kier alpha value is -0.910. The molecule has 1 fully saturated rings. The van der Waals surface area contributed by atoms with Gasteiger partial charge in [-0.05, 0) is 31.3 Å². The molecule has 0 unspecified atom stereocenters. The second-order valence-corrected chi connectivity index (χ2v) is 6.20. The van der Waals surface area contributed by atoms with Crippen LogP contribution < -0.4 is 5.32 Å². The zero-order valence-electron chi connectivity index (χ0n) is 11.8. The second-order valence-electron chi connectivity index (χ2n) is 5.17. The van der Waals surface area contributed by atoms with Gasteiger partial charge in [0.25, 0.3) is 0 Å². The summed E-state index contributed by atoms with van der Waals surface area (Å²) in [5, 5.41) is 5.36. The molecule has 1 aromatic rings. The van der Waals surface area contributed by atoms with Crippen molar-refractivity contribution in [1.29, 1.82) is 0 Å². The molecule has 0 radical (unpaired) electrons. The molecule has 0 saturated carbocycles. The van der Waals surface area contributed by atoms with Crippen molar-refractivity contribution in [3.05, 3.63) is 22.4 Å². The predicted octanol–water partition coefficient (Wildman–Crippen LogP) is 1.39. The smallest absolute Gasteiger partial charge is 0.236 e. The van der Waals surface area contributed by atoms with Crippen LogP contribution in [0.3, 0.4) is 0 Å². The monoisotopic (exact) mass is 281 g/mol. The van der Waals surface area contributed by atoms with E-state index in [9.17, 15) is 4.79 Å². The van der Waals surface area contributed by atoms with Crippen LogP contribution in [0, 0.1) is 0 Å². The van der Waals surface area contributed by atoms with Gasteiger partial charge in [-0.3, -0.25) is 9.69 Å². The van der Waals surface area contributed by atoms with E-state index in [0.717, 1.165) is 32.5 Å². The Bertz CT molecular complexity index is 385. The van der Waals surface area contributed by atoms with Crippen LogP contribution in [0.4, 0.5) is 0 Å². The molecule has 106 valence electrons. The summed E-state index contributed by atoms with van der Waals surface area (Å²) >= 11 is 1.70. The van der Waals surface area contributed by atoms with E-state index in [1.807, 2.05) is 25.1 Å². The van der Waals surface area contributed by atoms with Gasteiger partial charge in [0.2, 0.25) is 5.91 Å². The fourth-order valence-electron chi connectivity index (χ4n) is 2.42. The summed E-state index contributed by atoms with van der Waals surface area (Å²) in [7, 11) is 3.91. The molecule has 1 aromatic heterocycles. The number of hydrogen-bond acceptors (Lipinski definition) is 4. The average Bonchev–Trinajstić information content (AvgIpc) is 2.92. The Morgan fingerprint density at radius 1 is 1.53 bits per heavy atom. The summed E-state index contributed by atoms with van der Waals surface area (Å²) in [5.41, 5.74) is 0. The average molecular weight is 281 g/mol. The molecule has 0 bridgehead atoms. The summed E-state index contributed by atoms with van der Waals surface area (Å²) in [5.74, 6) is 0.219. The van der Waals surface area contributed by atoms with E-state index in [4.69, 9.17) is 0 Å². The third-order valence-corrected chi connectivity index (χ3v) is 4.61. The molecule has 4 nitrogen and oxygen atoms in total. The number of nitrogens with zero attached hydrogens (tertiary/aromatic N) is 2. The van der Waals surface area contributed by atoms with Crippen LogP contribution in [0.2, 0.25) is 0 Å². The van der Waals surface area contributed by atoms with Gasteiger partial charge in [0.05, 0.1) is 13.1 Å². The van der Waals surface area contributed by atoms with Crippen molar-refractivity contribution in [2.45, 2.75) is 25.4 Å². The molecule has 2 heterocycles. The summed E-state index contributed by atoms with van der Waals surface area (Å²) in [6.45, 7) is 3.32. The van der Waals surface area contributed by atoms with E-state index in [2.05, 4.69) is 21.7 Å². The molecule has 0 atom stereocenters. The summed E-state index contributed by atoms with van der Waals surface area (Å²) < 4.78 is 0. The molecule has 1 amide bonds. The number of likely N-dealkylation sites (N-methyl/N-ethyl adjacent to an activating group) is 1. The molecule has 1 N–H and O–H groups in total. The first-order chi connectivity index (χ1) is 9.19. The molecule has 1 aliphatic rings. The first-order valence-corrected chi connectivity index (χ1v) is 7.73. The summed E-state index contributed by atoms with van der Waals surface area (Å²) in [4.78, 5) is 17.5. The van der Waals surface area contributed by atoms with Crippen molar-refractivity contribution in [1.82, 2.24) is 15.1 Å². The largest absolute Gasteiger partial charge is 0.340 e. The lowest BCUT2D eigenvalue weighted by atomic mass is 10.1. The number of amides is 1. The Labute approximate surface area is 119 Å². The Morgan fingerprint density at radius 3 is 2.84 bits per heavy atom. The Morgan fingerprint density at radius 2 is 2.26 bits per heavy atom. The zero-order chi connectivity index (χ0) is 13.7. The number of rotatable bonds is 5. The maximum Gasteiger partial charge on any atom is 0.236 e. The third-order valence-electron chi connectivity index (χ3n) is 3.75. The van der Waals surface area contributed by atoms with Crippen LogP contribution in [0.1, 0.15) is 17.7 Å². The lowest BCUT2D eigenvalue weighted by Gasteiger charge is -2.32. The van der Waals surface area contributed by atoms with Crippen molar-refractivity contribution in [2.24, 2.45) is 0 Å². The van der Waals surface area contributed by atoms with Gasteiger partial charge >= 0.3 is 0 Å². The number of carbonyl (C=O) groups is 1. The number of hydrogen-bond donors (Lipinski definition) is 1. The number of piperidine rings is 1.